The summed E-state index contributed by atoms with van der Waals surface area (Å²) in [5.74, 6) is -0.0263. The van der Waals surface area contributed by atoms with Gasteiger partial charge in [0, 0.05) is 39.3 Å². The average molecular weight is 270 g/mol. The average Bonchev–Trinajstić information content (AvgIpc) is 2.39. The third-order valence-electron chi connectivity index (χ3n) is 3.91. The predicted molar refractivity (Wildman–Crippen MR) is 79.1 cm³/mol. The molecule has 5 heteroatoms. The van der Waals surface area contributed by atoms with Gasteiger partial charge in [0.15, 0.2) is 0 Å². The van der Waals surface area contributed by atoms with Gasteiger partial charge in [-0.25, -0.2) is 0 Å². The Hall–Kier alpha value is -0.650. The number of rotatable bonds is 7. The molecule has 1 saturated heterocycles. The summed E-state index contributed by atoms with van der Waals surface area (Å²) < 4.78 is 0. The first-order chi connectivity index (χ1) is 8.99. The van der Waals surface area contributed by atoms with Crippen LogP contribution >= 0.6 is 0 Å². The van der Waals surface area contributed by atoms with Crippen molar-refractivity contribution in [1.29, 1.82) is 0 Å². The number of carbonyl (C=O) groups excluding carboxylic acids is 1. The molecule has 1 aliphatic heterocycles. The lowest BCUT2D eigenvalue weighted by Crippen LogP contribution is -2.53. The normalized spacial score (nSPS) is 21.1. The van der Waals surface area contributed by atoms with Crippen LogP contribution in [0.4, 0.5) is 0 Å². The molecular weight excluding hydrogens is 240 g/mol. The lowest BCUT2D eigenvalue weighted by molar-refractivity contribution is -0.126. The molecule has 1 unspecified atom stereocenters. The minimum Gasteiger partial charge on any atom is -0.353 e. The van der Waals surface area contributed by atoms with Gasteiger partial charge >= 0.3 is 0 Å². The van der Waals surface area contributed by atoms with Gasteiger partial charge in [-0.05, 0) is 19.9 Å². The molecule has 1 amide bonds. The van der Waals surface area contributed by atoms with E-state index >= 15 is 0 Å². The van der Waals surface area contributed by atoms with E-state index in [9.17, 15) is 4.79 Å². The van der Waals surface area contributed by atoms with Crippen LogP contribution < -0.4 is 11.1 Å². The second-order valence-electron chi connectivity index (χ2n) is 5.70. The Bertz CT molecular complexity index is 273. The standard InChI is InChI=1S/C14H30N4O/c1-4-6-14(3,15)13(19)16-7-8-18-11-9-17(5-2)10-12-18/h4-12,15H2,1-3H3,(H,16,19). The van der Waals surface area contributed by atoms with E-state index in [4.69, 9.17) is 5.73 Å². The third kappa shape index (κ3) is 5.47. The van der Waals surface area contributed by atoms with Crippen LogP contribution in [0.1, 0.15) is 33.6 Å². The van der Waals surface area contributed by atoms with E-state index in [2.05, 4.69) is 22.0 Å². The minimum atomic E-state index is -0.727. The maximum absolute atomic E-state index is 11.9. The SMILES string of the molecule is CCCC(C)(N)C(=O)NCCN1CCN(CC)CC1. The molecule has 0 aromatic rings. The first-order valence-electron chi connectivity index (χ1n) is 7.51. The zero-order valence-corrected chi connectivity index (χ0v) is 12.7. The number of carbonyl (C=O) groups is 1. The fraction of sp³-hybridized carbons (Fsp3) is 0.929. The number of piperazine rings is 1. The number of likely N-dealkylation sites (N-methyl/N-ethyl adjacent to an activating group) is 1. The van der Waals surface area contributed by atoms with Crippen LogP contribution in [0.3, 0.4) is 0 Å². The van der Waals surface area contributed by atoms with Gasteiger partial charge in [0.05, 0.1) is 5.54 Å². The summed E-state index contributed by atoms with van der Waals surface area (Å²) in [6.45, 7) is 13.3. The third-order valence-corrected chi connectivity index (χ3v) is 3.91. The summed E-state index contributed by atoms with van der Waals surface area (Å²) in [6.07, 6.45) is 1.66. The molecule has 19 heavy (non-hydrogen) atoms. The fourth-order valence-corrected chi connectivity index (χ4v) is 2.49. The Kier molecular flexibility index (Phi) is 6.75. The van der Waals surface area contributed by atoms with Crippen molar-refractivity contribution in [3.63, 3.8) is 0 Å². The fourth-order valence-electron chi connectivity index (χ4n) is 2.49. The largest absolute Gasteiger partial charge is 0.353 e. The second-order valence-corrected chi connectivity index (χ2v) is 5.70. The monoisotopic (exact) mass is 270 g/mol. The van der Waals surface area contributed by atoms with E-state index < -0.39 is 5.54 Å². The summed E-state index contributed by atoms with van der Waals surface area (Å²) in [5, 5.41) is 2.96. The topological polar surface area (TPSA) is 61.6 Å². The molecule has 1 atom stereocenters. The maximum Gasteiger partial charge on any atom is 0.239 e. The molecule has 0 aliphatic carbocycles. The number of hydrogen-bond acceptors (Lipinski definition) is 4. The highest BCUT2D eigenvalue weighted by Gasteiger charge is 2.26. The number of amides is 1. The lowest BCUT2D eigenvalue weighted by Gasteiger charge is -2.34. The zero-order valence-electron chi connectivity index (χ0n) is 12.7. The van der Waals surface area contributed by atoms with Gasteiger partial charge < -0.3 is 16.0 Å². The summed E-state index contributed by atoms with van der Waals surface area (Å²) in [5.41, 5.74) is 5.27. The molecule has 1 fully saturated rings. The Morgan fingerprint density at radius 2 is 1.79 bits per heavy atom. The van der Waals surface area contributed by atoms with Crippen molar-refractivity contribution in [2.24, 2.45) is 5.73 Å². The Morgan fingerprint density at radius 3 is 2.32 bits per heavy atom. The molecule has 1 aliphatic rings. The van der Waals surface area contributed by atoms with Gasteiger partial charge in [0.1, 0.15) is 0 Å². The van der Waals surface area contributed by atoms with Crippen LogP contribution in [0, 0.1) is 0 Å². The van der Waals surface area contributed by atoms with Crippen molar-refractivity contribution >= 4 is 5.91 Å². The number of nitrogens with one attached hydrogen (secondary N) is 1. The zero-order chi connectivity index (χ0) is 14.3. The first-order valence-corrected chi connectivity index (χ1v) is 7.51. The molecule has 0 spiro atoms. The molecule has 1 heterocycles. The van der Waals surface area contributed by atoms with Crippen molar-refractivity contribution in [2.45, 2.75) is 39.2 Å². The van der Waals surface area contributed by atoms with Crippen molar-refractivity contribution in [2.75, 3.05) is 45.8 Å². The van der Waals surface area contributed by atoms with Gasteiger partial charge in [-0.15, -0.1) is 0 Å². The Balaban J connectivity index is 2.19. The molecule has 0 radical (unpaired) electrons. The Morgan fingerprint density at radius 1 is 1.21 bits per heavy atom. The van der Waals surface area contributed by atoms with E-state index in [0.29, 0.717) is 6.54 Å². The van der Waals surface area contributed by atoms with Gasteiger partial charge in [0.2, 0.25) is 5.91 Å². The molecule has 1 rings (SSSR count). The molecule has 0 bridgehead atoms. The summed E-state index contributed by atoms with van der Waals surface area (Å²) in [6, 6.07) is 0. The van der Waals surface area contributed by atoms with E-state index in [1.807, 2.05) is 13.8 Å². The van der Waals surface area contributed by atoms with E-state index in [1.54, 1.807) is 0 Å². The predicted octanol–water partition coefficient (Wildman–Crippen LogP) is 0.258. The van der Waals surface area contributed by atoms with Gasteiger partial charge in [0.25, 0.3) is 0 Å². The summed E-state index contributed by atoms with van der Waals surface area (Å²) >= 11 is 0. The van der Waals surface area contributed by atoms with Gasteiger partial charge in [-0.3, -0.25) is 9.69 Å². The van der Waals surface area contributed by atoms with Gasteiger partial charge in [-0.1, -0.05) is 20.3 Å². The number of nitrogens with zero attached hydrogens (tertiary/aromatic N) is 2. The van der Waals surface area contributed by atoms with Gasteiger partial charge in [-0.2, -0.15) is 0 Å². The van der Waals surface area contributed by atoms with Crippen LogP contribution in [0.15, 0.2) is 0 Å². The van der Waals surface area contributed by atoms with E-state index in [1.165, 1.54) is 0 Å². The summed E-state index contributed by atoms with van der Waals surface area (Å²) in [7, 11) is 0. The molecule has 0 aromatic heterocycles. The van der Waals surface area contributed by atoms with Crippen LogP contribution in [-0.2, 0) is 4.79 Å². The Labute approximate surface area is 117 Å². The quantitative estimate of drug-likeness (QED) is 0.696. The molecule has 0 aromatic carbocycles. The van der Waals surface area contributed by atoms with Crippen LogP contribution in [-0.4, -0.2) is 67.1 Å². The van der Waals surface area contributed by atoms with Crippen molar-refractivity contribution < 1.29 is 4.79 Å². The van der Waals surface area contributed by atoms with Crippen molar-refractivity contribution in [3.05, 3.63) is 0 Å². The van der Waals surface area contributed by atoms with E-state index in [-0.39, 0.29) is 5.91 Å². The summed E-state index contributed by atoms with van der Waals surface area (Å²) in [4.78, 5) is 16.8. The highest BCUT2D eigenvalue weighted by molar-refractivity contribution is 5.85. The lowest BCUT2D eigenvalue weighted by atomic mass is 9.96. The minimum absolute atomic E-state index is 0.0263. The highest BCUT2D eigenvalue weighted by Crippen LogP contribution is 2.08. The molecule has 0 saturated carbocycles. The second kappa shape index (κ2) is 7.82. The smallest absolute Gasteiger partial charge is 0.239 e. The van der Waals surface area contributed by atoms with E-state index in [0.717, 1.165) is 52.1 Å². The van der Waals surface area contributed by atoms with Crippen molar-refractivity contribution in [1.82, 2.24) is 15.1 Å². The molecule has 5 nitrogen and oxygen atoms in total. The molecular formula is C14H30N4O. The van der Waals surface area contributed by atoms with Crippen LogP contribution in [0.25, 0.3) is 0 Å². The molecule has 3 N–H and O–H groups in total. The molecule has 112 valence electrons. The number of hydrogen-bond donors (Lipinski definition) is 2. The van der Waals surface area contributed by atoms with Crippen LogP contribution in [0.2, 0.25) is 0 Å². The highest BCUT2D eigenvalue weighted by atomic mass is 16.2. The van der Waals surface area contributed by atoms with Crippen molar-refractivity contribution in [3.8, 4) is 0 Å². The first kappa shape index (κ1) is 16.4. The maximum atomic E-state index is 11.9. The number of nitrogens with two attached hydrogens (primary N) is 1. The van der Waals surface area contributed by atoms with Crippen LogP contribution in [0.5, 0.6) is 0 Å².